The highest BCUT2D eigenvalue weighted by molar-refractivity contribution is 7.13. The predicted octanol–water partition coefficient (Wildman–Crippen LogP) is 4.14. The van der Waals surface area contributed by atoms with Crippen molar-refractivity contribution >= 4 is 23.2 Å². The Morgan fingerprint density at radius 1 is 1.05 bits per heavy atom. The zero-order valence-electron chi connectivity index (χ0n) is 24.8. The van der Waals surface area contributed by atoms with Crippen LogP contribution in [0.4, 0.5) is 0 Å². The fraction of sp³-hybridized carbons (Fsp3) is 0.613. The van der Waals surface area contributed by atoms with Crippen molar-refractivity contribution in [1.82, 2.24) is 30.0 Å². The normalized spacial score (nSPS) is 24.7. The van der Waals surface area contributed by atoms with Crippen molar-refractivity contribution in [1.29, 1.82) is 0 Å². The van der Waals surface area contributed by atoms with Gasteiger partial charge in [-0.25, -0.2) is 4.98 Å². The summed E-state index contributed by atoms with van der Waals surface area (Å²) in [5.74, 6) is 1.63. The molecular formula is C31H38N6O4S. The molecule has 3 saturated heterocycles. The van der Waals surface area contributed by atoms with Gasteiger partial charge in [0, 0.05) is 68.0 Å². The quantitative estimate of drug-likeness (QED) is 0.421. The van der Waals surface area contributed by atoms with Crippen molar-refractivity contribution in [3.05, 3.63) is 56.9 Å². The summed E-state index contributed by atoms with van der Waals surface area (Å²) in [5, 5.41) is 9.79. The maximum atomic E-state index is 13.6. The van der Waals surface area contributed by atoms with Gasteiger partial charge < -0.3 is 19.0 Å². The average molecular weight is 591 g/mol. The van der Waals surface area contributed by atoms with Crippen LogP contribution in [0.3, 0.4) is 0 Å². The first kappa shape index (κ1) is 27.6. The smallest absolute Gasteiger partial charge is 0.265 e. The summed E-state index contributed by atoms with van der Waals surface area (Å²) in [6.07, 6.45) is 3.36. The highest BCUT2D eigenvalue weighted by atomic mass is 32.1. The minimum absolute atomic E-state index is 0.0121. The third kappa shape index (κ3) is 4.94. The lowest BCUT2D eigenvalue weighted by molar-refractivity contribution is -0.146. The molecule has 3 aromatic heterocycles. The number of nitrogens with zero attached hydrogens (tertiary/aromatic N) is 6. The Hall–Kier alpha value is -3.18. The van der Waals surface area contributed by atoms with E-state index in [4.69, 9.17) is 14.1 Å². The average Bonchev–Trinajstić information content (AvgIpc) is 3.33. The van der Waals surface area contributed by atoms with Gasteiger partial charge in [0.1, 0.15) is 4.88 Å². The summed E-state index contributed by atoms with van der Waals surface area (Å²) < 4.78 is 11.8. The molecule has 222 valence electrons. The number of carbonyl (C=O) groups is 2. The zero-order valence-corrected chi connectivity index (χ0v) is 25.6. The Morgan fingerprint density at radius 2 is 1.79 bits per heavy atom. The lowest BCUT2D eigenvalue weighted by Gasteiger charge is -2.50. The van der Waals surface area contributed by atoms with Crippen molar-refractivity contribution in [3.8, 4) is 0 Å². The van der Waals surface area contributed by atoms with Gasteiger partial charge in [0.2, 0.25) is 17.7 Å². The minimum atomic E-state index is -0.303. The highest BCUT2D eigenvalue weighted by Crippen LogP contribution is 2.55. The molecule has 7 rings (SSSR count). The standard InChI is InChI=1S/C31H38N6O4S/c1-18-26(42-19(2)32-18)29(39)36-14-23(31(15-36)16-37(17-31)28(38)22-13-30(22,3)4)27-35-34-25(41-27)12-21-6-5-7-24(33-21)20-8-10-40-11-9-20/h5-7,20,22-23H,8-17H2,1-4H3/t22-,23?/m1/s1. The maximum Gasteiger partial charge on any atom is 0.265 e. The van der Waals surface area contributed by atoms with Crippen LogP contribution in [-0.4, -0.2) is 81.2 Å². The highest BCUT2D eigenvalue weighted by Gasteiger charge is 2.61. The summed E-state index contributed by atoms with van der Waals surface area (Å²) in [5.41, 5.74) is 2.53. The molecule has 1 unspecified atom stereocenters. The van der Waals surface area contributed by atoms with Crippen LogP contribution in [0.25, 0.3) is 0 Å². The summed E-state index contributed by atoms with van der Waals surface area (Å²) in [6, 6.07) is 6.13. The number of hydrogen-bond donors (Lipinski definition) is 0. The lowest BCUT2D eigenvalue weighted by Crippen LogP contribution is -2.62. The van der Waals surface area contributed by atoms with E-state index in [0.29, 0.717) is 55.2 Å². The van der Waals surface area contributed by atoms with E-state index in [9.17, 15) is 9.59 Å². The minimum Gasteiger partial charge on any atom is -0.424 e. The summed E-state index contributed by atoms with van der Waals surface area (Å²) in [4.78, 5) is 40.8. The van der Waals surface area contributed by atoms with E-state index in [-0.39, 0.29) is 34.5 Å². The number of likely N-dealkylation sites (tertiary alicyclic amines) is 2. The molecule has 1 saturated carbocycles. The molecular weight excluding hydrogens is 552 g/mol. The van der Waals surface area contributed by atoms with Gasteiger partial charge in [-0.05, 0) is 50.7 Å². The molecule has 0 aromatic carbocycles. The monoisotopic (exact) mass is 590 g/mol. The van der Waals surface area contributed by atoms with Crippen LogP contribution in [0.15, 0.2) is 22.6 Å². The van der Waals surface area contributed by atoms with Crippen molar-refractivity contribution in [2.24, 2.45) is 16.7 Å². The molecule has 4 aliphatic rings. The van der Waals surface area contributed by atoms with E-state index in [1.807, 2.05) is 35.8 Å². The van der Waals surface area contributed by atoms with Crippen molar-refractivity contribution < 1.29 is 18.7 Å². The molecule has 6 heterocycles. The van der Waals surface area contributed by atoms with Crippen molar-refractivity contribution in [2.45, 2.75) is 65.2 Å². The van der Waals surface area contributed by atoms with Gasteiger partial charge in [-0.2, -0.15) is 0 Å². The van der Waals surface area contributed by atoms with Crippen molar-refractivity contribution in [3.63, 3.8) is 0 Å². The number of ether oxygens (including phenoxy) is 1. The van der Waals surface area contributed by atoms with Crippen LogP contribution < -0.4 is 0 Å². The van der Waals surface area contributed by atoms with Gasteiger partial charge in [0.15, 0.2) is 0 Å². The molecule has 3 aromatic rings. The molecule has 2 amide bonds. The SMILES string of the molecule is Cc1nc(C)c(C(=O)N2CC(c3nnc(Cc4cccc(C5CCOCC5)n4)o3)C3(C2)CN(C(=O)[C@H]2CC2(C)C)C3)s1. The number of pyridine rings is 1. The van der Waals surface area contributed by atoms with Gasteiger partial charge in [-0.1, -0.05) is 19.9 Å². The number of carbonyl (C=O) groups excluding carboxylic acids is 2. The predicted molar refractivity (Wildman–Crippen MR) is 155 cm³/mol. The van der Waals surface area contributed by atoms with Crippen LogP contribution in [-0.2, 0) is 16.0 Å². The summed E-state index contributed by atoms with van der Waals surface area (Å²) in [6.45, 7) is 11.9. The van der Waals surface area contributed by atoms with E-state index >= 15 is 0 Å². The molecule has 42 heavy (non-hydrogen) atoms. The molecule has 2 atom stereocenters. The largest absolute Gasteiger partial charge is 0.424 e. The Labute approximate surface area is 249 Å². The first-order chi connectivity index (χ1) is 20.1. The zero-order chi connectivity index (χ0) is 29.2. The molecule has 3 aliphatic heterocycles. The van der Waals surface area contributed by atoms with Crippen LogP contribution in [0, 0.1) is 30.6 Å². The van der Waals surface area contributed by atoms with Crippen LogP contribution in [0.2, 0.25) is 0 Å². The van der Waals surface area contributed by atoms with E-state index in [2.05, 4.69) is 35.1 Å². The van der Waals surface area contributed by atoms with Crippen LogP contribution in [0.5, 0.6) is 0 Å². The van der Waals surface area contributed by atoms with Gasteiger partial charge in [-0.15, -0.1) is 21.5 Å². The second-order valence-corrected chi connectivity index (χ2v) is 14.5. The first-order valence-corrected chi connectivity index (χ1v) is 15.8. The molecule has 0 radical (unpaired) electrons. The van der Waals surface area contributed by atoms with Gasteiger partial charge in [0.05, 0.1) is 23.0 Å². The molecule has 0 bridgehead atoms. The van der Waals surface area contributed by atoms with E-state index in [1.165, 1.54) is 11.3 Å². The Balaban J connectivity index is 1.11. The van der Waals surface area contributed by atoms with Crippen molar-refractivity contribution in [2.75, 3.05) is 39.4 Å². The number of aryl methyl sites for hydroxylation is 2. The summed E-state index contributed by atoms with van der Waals surface area (Å²) in [7, 11) is 0. The fourth-order valence-corrected chi connectivity index (χ4v) is 7.98. The van der Waals surface area contributed by atoms with Gasteiger partial charge >= 0.3 is 0 Å². The molecule has 1 aliphatic carbocycles. The Kier molecular flexibility index (Phi) is 6.73. The summed E-state index contributed by atoms with van der Waals surface area (Å²) >= 11 is 1.43. The number of amides is 2. The third-order valence-corrected chi connectivity index (χ3v) is 10.8. The number of rotatable bonds is 6. The van der Waals surface area contributed by atoms with Gasteiger partial charge in [-0.3, -0.25) is 14.6 Å². The molecule has 11 heteroatoms. The molecule has 0 N–H and O–H groups in total. The first-order valence-electron chi connectivity index (χ1n) is 15.0. The number of aromatic nitrogens is 4. The van der Waals surface area contributed by atoms with E-state index in [1.54, 1.807) is 0 Å². The molecule has 10 nitrogen and oxygen atoms in total. The molecule has 4 fully saturated rings. The topological polar surface area (TPSA) is 115 Å². The second-order valence-electron chi connectivity index (χ2n) is 13.3. The number of hydrogen-bond acceptors (Lipinski definition) is 9. The number of thiazole rings is 1. The fourth-order valence-electron chi connectivity index (χ4n) is 7.09. The lowest BCUT2D eigenvalue weighted by atomic mass is 9.71. The van der Waals surface area contributed by atoms with E-state index < -0.39 is 0 Å². The third-order valence-electron chi connectivity index (χ3n) is 9.75. The van der Waals surface area contributed by atoms with Gasteiger partial charge in [0.25, 0.3) is 5.91 Å². The maximum absolute atomic E-state index is 13.6. The Bertz CT molecular complexity index is 1520. The Morgan fingerprint density at radius 3 is 2.48 bits per heavy atom. The van der Waals surface area contributed by atoms with Crippen LogP contribution >= 0.6 is 11.3 Å². The van der Waals surface area contributed by atoms with E-state index in [0.717, 1.165) is 54.6 Å². The second kappa shape index (κ2) is 10.2. The molecule has 1 spiro atoms. The van der Waals surface area contributed by atoms with Crippen LogP contribution in [0.1, 0.15) is 88.5 Å².